The van der Waals surface area contributed by atoms with E-state index in [9.17, 15) is 9.90 Å². The second kappa shape index (κ2) is 5.45. The minimum atomic E-state index is -0.317. The van der Waals surface area contributed by atoms with Crippen LogP contribution in [0.5, 0.6) is 5.75 Å². The number of phenolic OH excluding ortho intramolecular Hbond substituents is 1. The van der Waals surface area contributed by atoms with Crippen LogP contribution in [0, 0.1) is 13.8 Å². The third-order valence-electron chi connectivity index (χ3n) is 2.90. The maximum absolute atomic E-state index is 12.1. The Morgan fingerprint density at radius 3 is 2.58 bits per heavy atom. The van der Waals surface area contributed by atoms with Crippen LogP contribution in [0.3, 0.4) is 0 Å². The van der Waals surface area contributed by atoms with Gasteiger partial charge in [-0.2, -0.15) is 0 Å². The van der Waals surface area contributed by atoms with Crippen molar-refractivity contribution in [3.05, 3.63) is 57.6 Å². The SMILES string of the molecule is Cc1cc(NC(=O)c2cccc(C)c2O)ccc1Br. The summed E-state index contributed by atoms with van der Waals surface area (Å²) >= 11 is 3.41. The lowest BCUT2D eigenvalue weighted by Gasteiger charge is -2.09. The molecule has 0 aliphatic rings. The van der Waals surface area contributed by atoms with Crippen molar-refractivity contribution in [2.45, 2.75) is 13.8 Å². The molecule has 4 heteroatoms. The van der Waals surface area contributed by atoms with Crippen LogP contribution in [0.15, 0.2) is 40.9 Å². The molecule has 0 bridgehead atoms. The number of para-hydroxylation sites is 1. The molecule has 0 aliphatic heterocycles. The maximum Gasteiger partial charge on any atom is 0.259 e. The fourth-order valence-corrected chi connectivity index (χ4v) is 2.01. The van der Waals surface area contributed by atoms with Crippen LogP contribution in [0.25, 0.3) is 0 Å². The molecule has 0 saturated carbocycles. The first-order valence-electron chi connectivity index (χ1n) is 5.85. The average molecular weight is 320 g/mol. The normalized spacial score (nSPS) is 10.3. The third kappa shape index (κ3) is 2.96. The Morgan fingerprint density at radius 2 is 1.89 bits per heavy atom. The minimum absolute atomic E-state index is 0.0221. The van der Waals surface area contributed by atoms with Crippen molar-refractivity contribution < 1.29 is 9.90 Å². The molecule has 0 radical (unpaired) electrons. The minimum Gasteiger partial charge on any atom is -0.507 e. The topological polar surface area (TPSA) is 49.3 Å². The van der Waals surface area contributed by atoms with Gasteiger partial charge in [0.15, 0.2) is 0 Å². The van der Waals surface area contributed by atoms with E-state index in [1.807, 2.05) is 25.1 Å². The summed E-state index contributed by atoms with van der Waals surface area (Å²) in [7, 11) is 0. The van der Waals surface area contributed by atoms with E-state index in [-0.39, 0.29) is 17.2 Å². The fraction of sp³-hybridized carbons (Fsp3) is 0.133. The second-order valence-corrected chi connectivity index (χ2v) is 5.24. The number of aryl methyl sites for hydroxylation is 2. The summed E-state index contributed by atoms with van der Waals surface area (Å²) in [4.78, 5) is 12.1. The summed E-state index contributed by atoms with van der Waals surface area (Å²) in [5, 5.41) is 12.7. The van der Waals surface area contributed by atoms with Crippen molar-refractivity contribution >= 4 is 27.5 Å². The number of anilines is 1. The largest absolute Gasteiger partial charge is 0.507 e. The van der Waals surface area contributed by atoms with Gasteiger partial charge in [0.25, 0.3) is 5.91 Å². The highest BCUT2D eigenvalue weighted by molar-refractivity contribution is 9.10. The first-order valence-corrected chi connectivity index (χ1v) is 6.64. The number of hydrogen-bond donors (Lipinski definition) is 2. The van der Waals surface area contributed by atoms with Crippen molar-refractivity contribution in [3.63, 3.8) is 0 Å². The zero-order chi connectivity index (χ0) is 14.0. The number of carbonyl (C=O) groups is 1. The van der Waals surface area contributed by atoms with Gasteiger partial charge < -0.3 is 10.4 Å². The molecular weight excluding hydrogens is 306 g/mol. The predicted molar refractivity (Wildman–Crippen MR) is 79.7 cm³/mol. The summed E-state index contributed by atoms with van der Waals surface area (Å²) in [5.41, 5.74) is 2.69. The van der Waals surface area contributed by atoms with Gasteiger partial charge in [-0.25, -0.2) is 0 Å². The molecule has 2 N–H and O–H groups in total. The Labute approximate surface area is 120 Å². The van der Waals surface area contributed by atoms with Crippen LogP contribution in [0.2, 0.25) is 0 Å². The van der Waals surface area contributed by atoms with E-state index < -0.39 is 0 Å². The average Bonchev–Trinajstić information content (AvgIpc) is 2.37. The van der Waals surface area contributed by atoms with Crippen LogP contribution < -0.4 is 5.32 Å². The van der Waals surface area contributed by atoms with Crippen molar-refractivity contribution in [1.29, 1.82) is 0 Å². The van der Waals surface area contributed by atoms with Gasteiger partial charge in [0, 0.05) is 10.2 Å². The van der Waals surface area contributed by atoms with Crippen molar-refractivity contribution in [2.24, 2.45) is 0 Å². The molecular formula is C15H14BrNO2. The maximum atomic E-state index is 12.1. The molecule has 1 amide bonds. The smallest absolute Gasteiger partial charge is 0.259 e. The standard InChI is InChI=1S/C15H14BrNO2/c1-9-4-3-5-12(14(9)18)15(19)17-11-6-7-13(16)10(2)8-11/h3-8,18H,1-2H3,(H,17,19). The number of rotatable bonds is 2. The molecule has 0 aromatic heterocycles. The quantitative estimate of drug-likeness (QED) is 0.878. The Bertz CT molecular complexity index is 638. The van der Waals surface area contributed by atoms with E-state index in [0.717, 1.165) is 10.0 Å². The van der Waals surface area contributed by atoms with Gasteiger partial charge in [-0.15, -0.1) is 0 Å². The van der Waals surface area contributed by atoms with Gasteiger partial charge in [0.2, 0.25) is 0 Å². The second-order valence-electron chi connectivity index (χ2n) is 4.39. The summed E-state index contributed by atoms with van der Waals surface area (Å²) in [6.45, 7) is 3.71. The van der Waals surface area contributed by atoms with Gasteiger partial charge in [0.05, 0.1) is 5.56 Å². The number of aromatic hydroxyl groups is 1. The molecule has 0 saturated heterocycles. The fourth-order valence-electron chi connectivity index (χ4n) is 1.76. The highest BCUT2D eigenvalue weighted by atomic mass is 79.9. The Balaban J connectivity index is 2.26. The number of halogens is 1. The lowest BCUT2D eigenvalue weighted by Crippen LogP contribution is -2.12. The van der Waals surface area contributed by atoms with Gasteiger partial charge in [-0.05, 0) is 49.2 Å². The van der Waals surface area contributed by atoms with Gasteiger partial charge in [-0.1, -0.05) is 28.1 Å². The number of phenols is 1. The predicted octanol–water partition coefficient (Wildman–Crippen LogP) is 4.02. The van der Waals surface area contributed by atoms with Crippen LogP contribution in [0.1, 0.15) is 21.5 Å². The molecule has 2 aromatic carbocycles. The summed E-state index contributed by atoms with van der Waals surface area (Å²) < 4.78 is 0.990. The summed E-state index contributed by atoms with van der Waals surface area (Å²) in [5.74, 6) is -0.295. The lowest BCUT2D eigenvalue weighted by atomic mass is 10.1. The Kier molecular flexibility index (Phi) is 3.90. The van der Waals surface area contributed by atoms with Gasteiger partial charge >= 0.3 is 0 Å². The van der Waals surface area contributed by atoms with E-state index in [2.05, 4.69) is 21.2 Å². The highest BCUT2D eigenvalue weighted by Crippen LogP contribution is 2.24. The number of carbonyl (C=O) groups excluding carboxylic acids is 1. The summed E-state index contributed by atoms with van der Waals surface area (Å²) in [6, 6.07) is 10.7. The number of hydrogen-bond acceptors (Lipinski definition) is 2. The molecule has 0 heterocycles. The van der Waals surface area contributed by atoms with E-state index in [0.29, 0.717) is 11.3 Å². The zero-order valence-corrected chi connectivity index (χ0v) is 12.3. The van der Waals surface area contributed by atoms with E-state index >= 15 is 0 Å². The van der Waals surface area contributed by atoms with Crippen LogP contribution in [0.4, 0.5) is 5.69 Å². The van der Waals surface area contributed by atoms with E-state index in [1.165, 1.54) is 0 Å². The molecule has 3 nitrogen and oxygen atoms in total. The lowest BCUT2D eigenvalue weighted by molar-refractivity contribution is 0.102. The molecule has 0 spiro atoms. The van der Waals surface area contributed by atoms with Crippen LogP contribution in [-0.4, -0.2) is 11.0 Å². The molecule has 0 atom stereocenters. The Hall–Kier alpha value is -1.81. The molecule has 0 fully saturated rings. The molecule has 0 unspecified atom stereocenters. The Morgan fingerprint density at radius 1 is 1.16 bits per heavy atom. The first-order chi connectivity index (χ1) is 8.99. The molecule has 19 heavy (non-hydrogen) atoms. The highest BCUT2D eigenvalue weighted by Gasteiger charge is 2.12. The zero-order valence-electron chi connectivity index (χ0n) is 10.7. The monoisotopic (exact) mass is 319 g/mol. The summed E-state index contributed by atoms with van der Waals surface area (Å²) in [6.07, 6.45) is 0. The number of amides is 1. The molecule has 0 aliphatic carbocycles. The van der Waals surface area contributed by atoms with Crippen molar-refractivity contribution in [2.75, 3.05) is 5.32 Å². The van der Waals surface area contributed by atoms with Gasteiger partial charge in [-0.3, -0.25) is 4.79 Å². The molecule has 98 valence electrons. The van der Waals surface area contributed by atoms with E-state index in [4.69, 9.17) is 0 Å². The van der Waals surface area contributed by atoms with Crippen molar-refractivity contribution in [3.8, 4) is 5.75 Å². The van der Waals surface area contributed by atoms with Crippen molar-refractivity contribution in [1.82, 2.24) is 0 Å². The number of nitrogens with one attached hydrogen (secondary N) is 1. The third-order valence-corrected chi connectivity index (χ3v) is 3.79. The molecule has 2 aromatic rings. The van der Waals surface area contributed by atoms with E-state index in [1.54, 1.807) is 25.1 Å². The van der Waals surface area contributed by atoms with Gasteiger partial charge in [0.1, 0.15) is 5.75 Å². The molecule has 2 rings (SSSR count). The number of benzene rings is 2. The first kappa shape index (κ1) is 13.6. The van der Waals surface area contributed by atoms with Crippen LogP contribution in [-0.2, 0) is 0 Å². The van der Waals surface area contributed by atoms with Crippen LogP contribution >= 0.6 is 15.9 Å².